The van der Waals surface area contributed by atoms with Crippen LogP contribution in [-0.4, -0.2) is 56.1 Å². The van der Waals surface area contributed by atoms with Crippen molar-refractivity contribution in [3.63, 3.8) is 0 Å². The number of carboxylic acid groups (broad SMARTS) is 2. The molecule has 0 amide bonds. The molecule has 0 aliphatic rings. The normalized spacial score (nSPS) is 7.91. The Morgan fingerprint density at radius 1 is 0.727 bits per heavy atom. The molecule has 0 aromatic heterocycles. The lowest BCUT2D eigenvalue weighted by atomic mass is 10.4. The fourth-order valence-electron chi connectivity index (χ4n) is 0.726. The van der Waals surface area contributed by atoms with Crippen LogP contribution in [0.4, 0.5) is 14.4 Å². The van der Waals surface area contributed by atoms with Crippen molar-refractivity contribution >= 4 is 18.5 Å². The molecule has 0 bridgehead atoms. The van der Waals surface area contributed by atoms with E-state index in [2.05, 4.69) is 18.9 Å². The Kier molecular flexibility index (Phi) is 15.6. The zero-order valence-corrected chi connectivity index (χ0v) is 12.1. The van der Waals surface area contributed by atoms with Gasteiger partial charge in [-0.3, -0.25) is 0 Å². The summed E-state index contributed by atoms with van der Waals surface area (Å²) < 4.78 is 15.9. The highest BCUT2D eigenvalue weighted by molar-refractivity contribution is 5.59. The minimum absolute atomic E-state index is 0.276. The van der Waals surface area contributed by atoms with Gasteiger partial charge in [0, 0.05) is 0 Å². The molecule has 1 rings (SSSR count). The van der Waals surface area contributed by atoms with Crippen molar-refractivity contribution in [3.8, 4) is 0 Å². The van der Waals surface area contributed by atoms with Gasteiger partial charge in [0.05, 0.1) is 14.2 Å². The van der Waals surface area contributed by atoms with Crippen molar-refractivity contribution in [1.82, 2.24) is 0 Å². The third kappa shape index (κ3) is 22.2. The molecule has 0 atom stereocenters. The van der Waals surface area contributed by atoms with Gasteiger partial charge in [0.25, 0.3) is 0 Å². The van der Waals surface area contributed by atoms with Gasteiger partial charge >= 0.3 is 18.5 Å². The quantitative estimate of drug-likeness (QED) is 0.490. The second-order valence-corrected chi connectivity index (χ2v) is 3.04. The van der Waals surface area contributed by atoms with Crippen LogP contribution in [0.2, 0.25) is 0 Å². The van der Waals surface area contributed by atoms with Crippen LogP contribution < -0.4 is 0 Å². The highest BCUT2D eigenvalue weighted by Crippen LogP contribution is 1.80. The van der Waals surface area contributed by atoms with E-state index < -0.39 is 18.5 Å². The number of hydrogen-bond acceptors (Lipinski definition) is 7. The molecule has 0 radical (unpaired) electrons. The van der Waals surface area contributed by atoms with E-state index in [1.807, 2.05) is 36.4 Å². The molecule has 124 valence electrons. The van der Waals surface area contributed by atoms with Gasteiger partial charge in [-0.25, -0.2) is 14.4 Å². The summed E-state index contributed by atoms with van der Waals surface area (Å²) in [5.74, 6) is 0. The smallest absolute Gasteiger partial charge is 0.450 e. The minimum atomic E-state index is -1.45. The topological polar surface area (TPSA) is 129 Å². The number of hydrogen-bond donors (Lipinski definition) is 2. The monoisotopic (exact) mass is 318 g/mol. The maximum Gasteiger partial charge on any atom is 0.507 e. The summed E-state index contributed by atoms with van der Waals surface area (Å²) in [6, 6.07) is 12.0. The van der Waals surface area contributed by atoms with Crippen molar-refractivity contribution in [2.75, 3.05) is 27.4 Å². The Hall–Kier alpha value is -2.97. The first-order valence-electron chi connectivity index (χ1n) is 5.77. The molecular weight excluding hydrogens is 300 g/mol. The minimum Gasteiger partial charge on any atom is -0.450 e. The average molecular weight is 318 g/mol. The lowest BCUT2D eigenvalue weighted by Gasteiger charge is -1.98. The van der Waals surface area contributed by atoms with Gasteiger partial charge < -0.3 is 29.2 Å². The summed E-state index contributed by atoms with van der Waals surface area (Å²) in [6.07, 6.45) is -3.56. The molecule has 0 saturated heterocycles. The molecule has 0 heterocycles. The van der Waals surface area contributed by atoms with E-state index >= 15 is 0 Å². The number of carbonyl (C=O) groups excluding carboxylic acids is 1. The molecule has 0 aliphatic carbocycles. The highest BCUT2D eigenvalue weighted by Gasteiger charge is 1.98. The Morgan fingerprint density at radius 2 is 1.00 bits per heavy atom. The SMILES string of the molecule is COC(=O)OC.O=C(O)OCCOC(=O)O.c1ccccc1. The molecule has 1 aromatic carbocycles. The van der Waals surface area contributed by atoms with E-state index in [1.165, 1.54) is 14.2 Å². The molecule has 1 aromatic rings. The fourth-order valence-corrected chi connectivity index (χ4v) is 0.726. The van der Waals surface area contributed by atoms with E-state index in [0.717, 1.165) is 0 Å². The maximum absolute atomic E-state index is 9.74. The molecule has 0 fully saturated rings. The van der Waals surface area contributed by atoms with E-state index in [-0.39, 0.29) is 13.2 Å². The first kappa shape index (κ1) is 21.3. The Bertz CT molecular complexity index is 357. The van der Waals surface area contributed by atoms with Crippen LogP contribution in [0.25, 0.3) is 0 Å². The van der Waals surface area contributed by atoms with Gasteiger partial charge in [-0.2, -0.15) is 0 Å². The predicted octanol–water partition coefficient (Wildman–Crippen LogP) is 2.46. The Labute approximate surface area is 127 Å². The average Bonchev–Trinajstić information content (AvgIpc) is 2.53. The Morgan fingerprint density at radius 3 is 1.14 bits per heavy atom. The number of methoxy groups -OCH3 is 2. The van der Waals surface area contributed by atoms with Crippen molar-refractivity contribution < 1.29 is 43.5 Å². The van der Waals surface area contributed by atoms with Crippen LogP contribution in [0.1, 0.15) is 0 Å². The molecule has 0 spiro atoms. The van der Waals surface area contributed by atoms with E-state index in [0.29, 0.717) is 0 Å². The molecule has 0 unspecified atom stereocenters. The van der Waals surface area contributed by atoms with Crippen LogP contribution in [0, 0.1) is 0 Å². The lowest BCUT2D eigenvalue weighted by Crippen LogP contribution is -2.10. The van der Waals surface area contributed by atoms with Crippen LogP contribution in [0.3, 0.4) is 0 Å². The van der Waals surface area contributed by atoms with Crippen molar-refractivity contribution in [2.24, 2.45) is 0 Å². The van der Waals surface area contributed by atoms with Crippen LogP contribution in [0.15, 0.2) is 36.4 Å². The standard InChI is InChI=1S/C6H6.C4H6O6.C3H6O3/c1-2-4-6-5-3-1;5-3(6)9-1-2-10-4(7)8;1-5-3(4)6-2/h1-6H;1-2H2,(H,5,6)(H,7,8);1-2H3. The largest absolute Gasteiger partial charge is 0.507 e. The molecule has 0 saturated carbocycles. The number of carbonyl (C=O) groups is 3. The summed E-state index contributed by atoms with van der Waals surface area (Å²) in [7, 11) is 2.51. The summed E-state index contributed by atoms with van der Waals surface area (Å²) in [5.41, 5.74) is 0. The second kappa shape index (κ2) is 16.1. The first-order valence-corrected chi connectivity index (χ1v) is 5.77. The van der Waals surface area contributed by atoms with Gasteiger partial charge in [0.2, 0.25) is 0 Å². The molecular formula is C13H18O9. The molecule has 22 heavy (non-hydrogen) atoms. The van der Waals surface area contributed by atoms with Gasteiger partial charge in [-0.05, 0) is 0 Å². The maximum atomic E-state index is 9.74. The third-order valence-electron chi connectivity index (χ3n) is 1.53. The zero-order chi connectivity index (χ0) is 17.2. The summed E-state index contributed by atoms with van der Waals surface area (Å²) in [4.78, 5) is 29.0. The summed E-state index contributed by atoms with van der Waals surface area (Å²) in [5, 5.41) is 15.7. The van der Waals surface area contributed by atoms with Crippen LogP contribution >= 0.6 is 0 Å². The second-order valence-electron chi connectivity index (χ2n) is 3.04. The number of benzene rings is 1. The predicted molar refractivity (Wildman–Crippen MR) is 73.8 cm³/mol. The Balaban J connectivity index is 0. The van der Waals surface area contributed by atoms with Crippen molar-refractivity contribution in [2.45, 2.75) is 0 Å². The molecule has 2 N–H and O–H groups in total. The molecule has 9 nitrogen and oxygen atoms in total. The number of ether oxygens (including phenoxy) is 4. The van der Waals surface area contributed by atoms with Gasteiger partial charge in [0.1, 0.15) is 13.2 Å². The van der Waals surface area contributed by atoms with Crippen LogP contribution in [0.5, 0.6) is 0 Å². The van der Waals surface area contributed by atoms with Crippen molar-refractivity contribution in [3.05, 3.63) is 36.4 Å². The van der Waals surface area contributed by atoms with Crippen LogP contribution in [-0.2, 0) is 18.9 Å². The van der Waals surface area contributed by atoms with E-state index in [9.17, 15) is 14.4 Å². The molecule has 0 aliphatic heterocycles. The fraction of sp³-hybridized carbons (Fsp3) is 0.308. The number of rotatable bonds is 3. The zero-order valence-electron chi connectivity index (χ0n) is 12.1. The lowest BCUT2D eigenvalue weighted by molar-refractivity contribution is 0.0472. The first-order chi connectivity index (χ1) is 10.4. The van der Waals surface area contributed by atoms with Gasteiger partial charge in [-0.1, -0.05) is 36.4 Å². The molecule has 9 heteroatoms. The van der Waals surface area contributed by atoms with Gasteiger partial charge in [0.15, 0.2) is 0 Å². The van der Waals surface area contributed by atoms with E-state index in [4.69, 9.17) is 10.2 Å². The third-order valence-corrected chi connectivity index (χ3v) is 1.53. The van der Waals surface area contributed by atoms with E-state index in [1.54, 1.807) is 0 Å². The van der Waals surface area contributed by atoms with Gasteiger partial charge in [-0.15, -0.1) is 0 Å². The summed E-state index contributed by atoms with van der Waals surface area (Å²) in [6.45, 7) is -0.552. The van der Waals surface area contributed by atoms with Crippen molar-refractivity contribution in [1.29, 1.82) is 0 Å². The summed E-state index contributed by atoms with van der Waals surface area (Å²) >= 11 is 0. The highest BCUT2D eigenvalue weighted by atomic mass is 16.7.